The van der Waals surface area contributed by atoms with Crippen molar-refractivity contribution in [1.29, 1.82) is 0 Å². The molecule has 2 rings (SSSR count). The second-order valence-electron chi connectivity index (χ2n) is 4.98. The van der Waals surface area contributed by atoms with Crippen LogP contribution in [-0.4, -0.2) is 29.3 Å². The second-order valence-corrected chi connectivity index (χ2v) is 4.98. The molecule has 1 fully saturated rings. The van der Waals surface area contributed by atoms with Crippen LogP contribution in [0.15, 0.2) is 18.2 Å². The van der Waals surface area contributed by atoms with Crippen molar-refractivity contribution in [2.45, 2.75) is 33.4 Å². The summed E-state index contributed by atoms with van der Waals surface area (Å²) >= 11 is 0. The van der Waals surface area contributed by atoms with Crippen molar-refractivity contribution >= 4 is 11.8 Å². The number of carbonyl (C=O) groups is 2. The standard InChI is InChI=1S/C14H18N2O2/c1-9-4-10(2)6-12(5-9)7-16-8-13(17)15-11(3)14(16)18/h4-6,11H,7-8H2,1-3H3,(H,15,17). The third-order valence-corrected chi connectivity index (χ3v) is 3.05. The Kier molecular flexibility index (Phi) is 3.36. The fourth-order valence-electron chi connectivity index (χ4n) is 2.39. The van der Waals surface area contributed by atoms with Crippen LogP contribution in [0.3, 0.4) is 0 Å². The summed E-state index contributed by atoms with van der Waals surface area (Å²) in [5, 5.41) is 2.64. The van der Waals surface area contributed by atoms with Gasteiger partial charge in [-0.05, 0) is 26.3 Å². The first-order valence-corrected chi connectivity index (χ1v) is 6.11. The molecule has 18 heavy (non-hydrogen) atoms. The minimum absolute atomic E-state index is 0.0197. The van der Waals surface area contributed by atoms with Crippen molar-refractivity contribution in [3.05, 3.63) is 34.9 Å². The van der Waals surface area contributed by atoms with E-state index in [0.717, 1.165) is 5.56 Å². The molecule has 1 unspecified atom stereocenters. The van der Waals surface area contributed by atoms with E-state index in [-0.39, 0.29) is 18.4 Å². The molecule has 1 aliphatic rings. The van der Waals surface area contributed by atoms with Crippen LogP contribution in [0.5, 0.6) is 0 Å². The monoisotopic (exact) mass is 246 g/mol. The molecule has 96 valence electrons. The Morgan fingerprint density at radius 2 is 1.83 bits per heavy atom. The van der Waals surface area contributed by atoms with Crippen LogP contribution in [0.2, 0.25) is 0 Å². The number of hydrogen-bond acceptors (Lipinski definition) is 2. The first kappa shape index (κ1) is 12.6. The number of nitrogens with one attached hydrogen (secondary N) is 1. The van der Waals surface area contributed by atoms with Crippen molar-refractivity contribution < 1.29 is 9.59 Å². The molecular weight excluding hydrogens is 228 g/mol. The van der Waals surface area contributed by atoms with E-state index in [4.69, 9.17) is 0 Å². The van der Waals surface area contributed by atoms with Crippen molar-refractivity contribution in [3.8, 4) is 0 Å². The number of nitrogens with zero attached hydrogens (tertiary/aromatic N) is 1. The number of amides is 2. The van der Waals surface area contributed by atoms with E-state index in [1.54, 1.807) is 11.8 Å². The summed E-state index contributed by atoms with van der Waals surface area (Å²) in [5.41, 5.74) is 3.42. The topological polar surface area (TPSA) is 49.4 Å². The van der Waals surface area contributed by atoms with Crippen LogP contribution in [0, 0.1) is 13.8 Å². The molecule has 0 radical (unpaired) electrons. The Balaban J connectivity index is 2.17. The maximum atomic E-state index is 12.0. The largest absolute Gasteiger partial charge is 0.343 e. The van der Waals surface area contributed by atoms with Gasteiger partial charge in [0, 0.05) is 6.54 Å². The highest BCUT2D eigenvalue weighted by atomic mass is 16.2. The molecule has 2 amide bonds. The Labute approximate surface area is 107 Å². The maximum Gasteiger partial charge on any atom is 0.245 e. The summed E-state index contributed by atoms with van der Waals surface area (Å²) in [6.45, 7) is 6.43. The quantitative estimate of drug-likeness (QED) is 0.851. The SMILES string of the molecule is Cc1cc(C)cc(CN2CC(=O)NC(C)C2=O)c1. The lowest BCUT2D eigenvalue weighted by Crippen LogP contribution is -2.56. The third-order valence-electron chi connectivity index (χ3n) is 3.05. The van der Waals surface area contributed by atoms with E-state index in [1.807, 2.05) is 13.8 Å². The van der Waals surface area contributed by atoms with E-state index >= 15 is 0 Å². The van der Waals surface area contributed by atoms with Gasteiger partial charge in [0.25, 0.3) is 0 Å². The molecule has 1 aliphatic heterocycles. The molecule has 0 aromatic heterocycles. The van der Waals surface area contributed by atoms with Crippen LogP contribution in [-0.2, 0) is 16.1 Å². The second kappa shape index (κ2) is 4.80. The van der Waals surface area contributed by atoms with Gasteiger partial charge in [0.15, 0.2) is 0 Å². The summed E-state index contributed by atoms with van der Waals surface area (Å²) in [6.07, 6.45) is 0. The van der Waals surface area contributed by atoms with Crippen molar-refractivity contribution in [1.82, 2.24) is 10.2 Å². The highest BCUT2D eigenvalue weighted by Gasteiger charge is 2.29. The van der Waals surface area contributed by atoms with Crippen molar-refractivity contribution in [3.63, 3.8) is 0 Å². The summed E-state index contributed by atoms with van der Waals surface area (Å²) in [6, 6.07) is 5.78. The molecule has 4 nitrogen and oxygen atoms in total. The molecule has 4 heteroatoms. The summed E-state index contributed by atoms with van der Waals surface area (Å²) in [7, 11) is 0. The molecule has 1 atom stereocenters. The van der Waals surface area contributed by atoms with E-state index < -0.39 is 6.04 Å². The van der Waals surface area contributed by atoms with Gasteiger partial charge in [-0.2, -0.15) is 0 Å². The lowest BCUT2D eigenvalue weighted by atomic mass is 10.1. The molecule has 0 aliphatic carbocycles. The number of hydrogen-bond donors (Lipinski definition) is 1. The van der Waals surface area contributed by atoms with E-state index in [9.17, 15) is 9.59 Å². The summed E-state index contributed by atoms with van der Waals surface area (Å²) in [4.78, 5) is 25.0. The average Bonchev–Trinajstić information content (AvgIpc) is 2.23. The van der Waals surface area contributed by atoms with Crippen LogP contribution < -0.4 is 5.32 Å². The van der Waals surface area contributed by atoms with Gasteiger partial charge in [-0.3, -0.25) is 9.59 Å². The van der Waals surface area contributed by atoms with Gasteiger partial charge in [0.2, 0.25) is 11.8 Å². The molecule has 1 N–H and O–H groups in total. The Hall–Kier alpha value is -1.84. The Morgan fingerprint density at radius 3 is 2.44 bits per heavy atom. The smallest absolute Gasteiger partial charge is 0.245 e. The maximum absolute atomic E-state index is 12.0. The minimum Gasteiger partial charge on any atom is -0.343 e. The predicted molar refractivity (Wildman–Crippen MR) is 68.9 cm³/mol. The normalized spacial score (nSPS) is 19.9. The van der Waals surface area contributed by atoms with E-state index in [0.29, 0.717) is 6.54 Å². The lowest BCUT2D eigenvalue weighted by Gasteiger charge is -2.31. The molecule has 0 bridgehead atoms. The molecule has 0 saturated carbocycles. The van der Waals surface area contributed by atoms with Crippen LogP contribution >= 0.6 is 0 Å². The molecule has 1 aromatic rings. The van der Waals surface area contributed by atoms with E-state index in [1.165, 1.54) is 11.1 Å². The van der Waals surface area contributed by atoms with Gasteiger partial charge in [-0.15, -0.1) is 0 Å². The fourth-order valence-corrected chi connectivity index (χ4v) is 2.39. The highest BCUT2D eigenvalue weighted by molar-refractivity contribution is 5.94. The number of carbonyl (C=O) groups excluding carboxylic acids is 2. The molecule has 1 saturated heterocycles. The summed E-state index contributed by atoms with van der Waals surface area (Å²) in [5.74, 6) is -0.111. The minimum atomic E-state index is -0.419. The van der Waals surface area contributed by atoms with Gasteiger partial charge < -0.3 is 10.2 Å². The predicted octanol–water partition coefficient (Wildman–Crippen LogP) is 1.15. The van der Waals surface area contributed by atoms with Crippen LogP contribution in [0.25, 0.3) is 0 Å². The van der Waals surface area contributed by atoms with Gasteiger partial charge in [0.1, 0.15) is 6.04 Å². The van der Waals surface area contributed by atoms with Gasteiger partial charge in [-0.1, -0.05) is 29.3 Å². The zero-order chi connectivity index (χ0) is 13.3. The van der Waals surface area contributed by atoms with Gasteiger partial charge in [0.05, 0.1) is 6.54 Å². The average molecular weight is 246 g/mol. The van der Waals surface area contributed by atoms with Crippen LogP contribution in [0.4, 0.5) is 0 Å². The van der Waals surface area contributed by atoms with Gasteiger partial charge in [-0.25, -0.2) is 0 Å². The fraction of sp³-hybridized carbons (Fsp3) is 0.429. The Morgan fingerprint density at radius 1 is 1.22 bits per heavy atom. The lowest BCUT2D eigenvalue weighted by molar-refractivity contribution is -0.144. The third kappa shape index (κ3) is 2.70. The number of benzene rings is 1. The molecular formula is C14H18N2O2. The zero-order valence-corrected chi connectivity index (χ0v) is 11.0. The van der Waals surface area contributed by atoms with Crippen molar-refractivity contribution in [2.24, 2.45) is 0 Å². The van der Waals surface area contributed by atoms with Crippen molar-refractivity contribution in [2.75, 3.05) is 6.54 Å². The van der Waals surface area contributed by atoms with Crippen LogP contribution in [0.1, 0.15) is 23.6 Å². The highest BCUT2D eigenvalue weighted by Crippen LogP contribution is 2.13. The van der Waals surface area contributed by atoms with Gasteiger partial charge >= 0.3 is 0 Å². The first-order chi connectivity index (χ1) is 8.45. The number of rotatable bonds is 2. The number of aryl methyl sites for hydroxylation is 2. The molecule has 1 heterocycles. The van der Waals surface area contributed by atoms with E-state index in [2.05, 4.69) is 23.5 Å². The Bertz CT molecular complexity index is 476. The molecule has 0 spiro atoms. The zero-order valence-electron chi connectivity index (χ0n) is 11.0. The number of piperazine rings is 1. The first-order valence-electron chi connectivity index (χ1n) is 6.11. The summed E-state index contributed by atoms with van der Waals surface area (Å²) < 4.78 is 0. The molecule has 1 aromatic carbocycles.